The van der Waals surface area contributed by atoms with Crippen LogP contribution in [0.5, 0.6) is 0 Å². The van der Waals surface area contributed by atoms with Crippen molar-refractivity contribution in [2.24, 2.45) is 5.73 Å². The Balaban J connectivity index is 3.02. The highest BCUT2D eigenvalue weighted by Crippen LogP contribution is 2.30. The van der Waals surface area contributed by atoms with Gasteiger partial charge in [0.1, 0.15) is 5.69 Å². The smallest absolute Gasteiger partial charge is 0.313 e. The number of halogens is 4. The van der Waals surface area contributed by atoms with E-state index in [1.165, 1.54) is 6.07 Å². The molecule has 0 radical (unpaired) electrons. The summed E-state index contributed by atoms with van der Waals surface area (Å²) in [4.78, 5) is 3.31. The molecule has 0 spiro atoms. The number of rotatable bonds is 1. The van der Waals surface area contributed by atoms with Gasteiger partial charge >= 0.3 is 6.18 Å². The van der Waals surface area contributed by atoms with E-state index in [1.807, 2.05) is 22.6 Å². The molecule has 0 aliphatic heterocycles. The molecule has 0 unspecified atom stereocenters. The number of aromatic nitrogens is 1. The lowest BCUT2D eigenvalue weighted by Gasteiger charge is -2.16. The van der Waals surface area contributed by atoms with Crippen LogP contribution in [0.4, 0.5) is 13.2 Å². The number of nitrogens with two attached hydrogens (primary N) is 1. The van der Waals surface area contributed by atoms with Crippen molar-refractivity contribution in [3.63, 3.8) is 0 Å². The molecule has 0 amide bonds. The fraction of sp³-hybridized carbons (Fsp3) is 0.375. The van der Waals surface area contributed by atoms with Gasteiger partial charge in [-0.25, -0.2) is 0 Å². The van der Waals surface area contributed by atoms with E-state index < -0.39 is 15.4 Å². The highest BCUT2D eigenvalue weighted by Gasteiger charge is 2.32. The van der Waals surface area contributed by atoms with Crippen molar-refractivity contribution in [3.05, 3.63) is 29.6 Å². The van der Waals surface area contributed by atoms with Crippen LogP contribution in [0.15, 0.2) is 18.3 Å². The maximum atomic E-state index is 12.1. The summed E-state index contributed by atoms with van der Waals surface area (Å²) >= 11 is 1.93. The summed E-state index contributed by atoms with van der Waals surface area (Å²) in [6, 6.07) is 2.27. The molecular weight excluding hydrogens is 308 g/mol. The van der Waals surface area contributed by atoms with Crippen molar-refractivity contribution in [1.82, 2.24) is 4.98 Å². The number of hydrogen-bond donors (Lipinski definition) is 1. The van der Waals surface area contributed by atoms with Crippen LogP contribution >= 0.6 is 22.6 Å². The van der Waals surface area contributed by atoms with Gasteiger partial charge in [0.25, 0.3) is 0 Å². The largest absolute Gasteiger partial charge is 0.433 e. The second-order valence-electron chi connectivity index (χ2n) is 3.01. The minimum absolute atomic E-state index is 0.561. The molecule has 0 saturated heterocycles. The van der Waals surface area contributed by atoms with E-state index in [1.54, 1.807) is 6.92 Å². The van der Waals surface area contributed by atoms with Gasteiger partial charge in [-0.1, -0.05) is 28.7 Å². The Morgan fingerprint density at radius 3 is 2.21 bits per heavy atom. The number of alkyl halides is 4. The minimum Gasteiger partial charge on any atom is -0.313 e. The normalized spacial score (nSPS) is 16.4. The first-order valence-electron chi connectivity index (χ1n) is 3.73. The Morgan fingerprint density at radius 1 is 1.36 bits per heavy atom. The molecule has 0 aliphatic carbocycles. The third kappa shape index (κ3) is 2.81. The quantitative estimate of drug-likeness (QED) is 0.491. The van der Waals surface area contributed by atoms with Gasteiger partial charge < -0.3 is 5.73 Å². The van der Waals surface area contributed by atoms with Crippen LogP contribution in [0, 0.1) is 0 Å². The fourth-order valence-electron chi connectivity index (χ4n) is 0.851. The number of hydrogen-bond acceptors (Lipinski definition) is 2. The Hall–Kier alpha value is -0.370. The molecule has 0 aromatic carbocycles. The number of nitrogens with zero attached hydrogens (tertiary/aromatic N) is 1. The van der Waals surface area contributed by atoms with Crippen molar-refractivity contribution >= 4 is 22.6 Å². The molecule has 14 heavy (non-hydrogen) atoms. The summed E-state index contributed by atoms with van der Waals surface area (Å²) in [5.74, 6) is 0. The van der Waals surface area contributed by atoms with E-state index in [-0.39, 0.29) is 0 Å². The summed E-state index contributed by atoms with van der Waals surface area (Å²) in [6.45, 7) is 1.69. The van der Waals surface area contributed by atoms with Crippen molar-refractivity contribution in [2.45, 2.75) is 16.6 Å². The second kappa shape index (κ2) is 3.65. The Labute approximate surface area is 92.8 Å². The molecule has 78 valence electrons. The van der Waals surface area contributed by atoms with Crippen LogP contribution in [0.1, 0.15) is 18.2 Å². The average Bonchev–Trinajstić information content (AvgIpc) is 2.01. The highest BCUT2D eigenvalue weighted by atomic mass is 127. The Kier molecular flexibility index (Phi) is 3.05. The van der Waals surface area contributed by atoms with Gasteiger partial charge in [0.05, 0.1) is 3.55 Å². The lowest BCUT2D eigenvalue weighted by molar-refractivity contribution is -0.141. The molecule has 1 aromatic rings. The van der Waals surface area contributed by atoms with Gasteiger partial charge in [0, 0.05) is 6.20 Å². The first-order chi connectivity index (χ1) is 6.21. The van der Waals surface area contributed by atoms with Gasteiger partial charge in [-0.3, -0.25) is 4.98 Å². The van der Waals surface area contributed by atoms with Gasteiger partial charge in [0.15, 0.2) is 0 Å². The van der Waals surface area contributed by atoms with Crippen LogP contribution in [-0.4, -0.2) is 4.98 Å². The van der Waals surface area contributed by atoms with Crippen molar-refractivity contribution in [1.29, 1.82) is 0 Å². The highest BCUT2D eigenvalue weighted by molar-refractivity contribution is 14.1. The Bertz CT molecular complexity index is 280. The molecule has 2 nitrogen and oxygen atoms in total. The zero-order valence-corrected chi connectivity index (χ0v) is 9.43. The summed E-state index contributed by atoms with van der Waals surface area (Å²) in [5.41, 5.74) is 5.34. The van der Waals surface area contributed by atoms with Gasteiger partial charge in [-0.2, -0.15) is 13.2 Å². The van der Waals surface area contributed by atoms with Gasteiger partial charge in [-0.15, -0.1) is 0 Å². The number of pyridine rings is 1. The van der Waals surface area contributed by atoms with Crippen molar-refractivity contribution in [3.8, 4) is 0 Å². The van der Waals surface area contributed by atoms with Gasteiger partial charge in [-0.05, 0) is 18.6 Å². The summed E-state index contributed by atoms with van der Waals surface area (Å²) in [5, 5.41) is 0. The first-order valence-corrected chi connectivity index (χ1v) is 4.80. The van der Waals surface area contributed by atoms with E-state index >= 15 is 0 Å². The zero-order chi connectivity index (χ0) is 11.0. The molecule has 2 N–H and O–H groups in total. The lowest BCUT2D eigenvalue weighted by Crippen LogP contribution is -2.25. The van der Waals surface area contributed by atoms with Crippen LogP contribution < -0.4 is 5.73 Å². The predicted molar refractivity (Wildman–Crippen MR) is 54.8 cm³/mol. The SMILES string of the molecule is C[C@@](N)(I)c1ccc(C(F)(F)F)nc1. The fourth-order valence-corrected chi connectivity index (χ4v) is 1.17. The van der Waals surface area contributed by atoms with Gasteiger partial charge in [0.2, 0.25) is 0 Å². The predicted octanol–water partition coefficient (Wildman–Crippen LogP) is 2.67. The lowest BCUT2D eigenvalue weighted by atomic mass is 10.1. The van der Waals surface area contributed by atoms with E-state index in [4.69, 9.17) is 5.73 Å². The van der Waals surface area contributed by atoms with E-state index in [0.717, 1.165) is 12.3 Å². The monoisotopic (exact) mass is 316 g/mol. The molecule has 6 heteroatoms. The molecular formula is C8H8F3IN2. The minimum atomic E-state index is -4.39. The summed E-state index contributed by atoms with van der Waals surface area (Å²) in [6.07, 6.45) is -3.25. The third-order valence-electron chi connectivity index (χ3n) is 1.62. The van der Waals surface area contributed by atoms with Crippen LogP contribution in [0.25, 0.3) is 0 Å². The molecule has 0 aliphatic rings. The average molecular weight is 316 g/mol. The maximum Gasteiger partial charge on any atom is 0.433 e. The van der Waals surface area contributed by atoms with Crippen LogP contribution in [-0.2, 0) is 9.72 Å². The summed E-state index contributed by atoms with van der Waals surface area (Å²) in [7, 11) is 0. The standard InChI is InChI=1S/C8H8F3IN2/c1-7(12,13)5-2-3-6(14-4-5)8(9,10)11/h2-4H,13H2,1H3/t7-/m0/s1. The molecule has 1 aromatic heterocycles. The van der Waals surface area contributed by atoms with E-state index in [9.17, 15) is 13.2 Å². The van der Waals surface area contributed by atoms with Crippen molar-refractivity contribution in [2.75, 3.05) is 0 Å². The molecule has 0 saturated carbocycles. The Morgan fingerprint density at radius 2 is 1.93 bits per heavy atom. The maximum absolute atomic E-state index is 12.1. The van der Waals surface area contributed by atoms with E-state index in [2.05, 4.69) is 4.98 Å². The van der Waals surface area contributed by atoms with Crippen LogP contribution in [0.2, 0.25) is 0 Å². The molecule has 1 atom stereocenters. The third-order valence-corrected chi connectivity index (χ3v) is 2.24. The molecule has 1 rings (SSSR count). The molecule has 0 fully saturated rings. The first kappa shape index (κ1) is 11.7. The zero-order valence-electron chi connectivity index (χ0n) is 7.27. The molecule has 0 bridgehead atoms. The molecule has 1 heterocycles. The second-order valence-corrected chi connectivity index (χ2v) is 5.25. The summed E-state index contributed by atoms with van der Waals surface area (Å²) < 4.78 is 35.7. The van der Waals surface area contributed by atoms with E-state index in [0.29, 0.717) is 5.56 Å². The topological polar surface area (TPSA) is 38.9 Å². The van der Waals surface area contributed by atoms with Crippen LogP contribution in [0.3, 0.4) is 0 Å². The van der Waals surface area contributed by atoms with Crippen molar-refractivity contribution < 1.29 is 13.2 Å².